The van der Waals surface area contributed by atoms with Gasteiger partial charge in [-0.3, -0.25) is 0 Å². The standard InChI is InChI=1S/C16H32/c1-6-7-8-9-10-11-16-14(4)12(2)13(3)15(16)5/h12-16H,6-11H2,1-5H3. The van der Waals surface area contributed by atoms with Gasteiger partial charge in [0.1, 0.15) is 0 Å². The van der Waals surface area contributed by atoms with E-state index in [4.69, 9.17) is 0 Å². The SMILES string of the molecule is CCCCCCCC1C(C)C(C)C(C)C1C. The minimum atomic E-state index is 0.940. The molecule has 0 aromatic rings. The second kappa shape index (κ2) is 6.67. The summed E-state index contributed by atoms with van der Waals surface area (Å²) in [5.74, 6) is 4.80. The molecule has 1 saturated carbocycles. The summed E-state index contributed by atoms with van der Waals surface area (Å²) >= 11 is 0. The van der Waals surface area contributed by atoms with Crippen LogP contribution < -0.4 is 0 Å². The Balaban J connectivity index is 2.26. The van der Waals surface area contributed by atoms with E-state index in [1.54, 1.807) is 0 Å². The molecule has 0 aliphatic heterocycles. The lowest BCUT2D eigenvalue weighted by Gasteiger charge is -2.21. The Morgan fingerprint density at radius 2 is 1.12 bits per heavy atom. The quantitative estimate of drug-likeness (QED) is 0.521. The lowest BCUT2D eigenvalue weighted by Crippen LogP contribution is -2.12. The van der Waals surface area contributed by atoms with Gasteiger partial charge in [0.05, 0.1) is 0 Å². The summed E-state index contributed by atoms with van der Waals surface area (Å²) in [6.07, 6.45) is 8.68. The molecule has 0 radical (unpaired) electrons. The first-order valence-corrected chi connectivity index (χ1v) is 7.59. The van der Waals surface area contributed by atoms with Gasteiger partial charge >= 0.3 is 0 Å². The summed E-state index contributed by atoms with van der Waals surface area (Å²) in [6.45, 7) is 12.2. The average Bonchev–Trinajstić information content (AvgIpc) is 2.46. The normalized spacial score (nSPS) is 39.2. The summed E-state index contributed by atoms with van der Waals surface area (Å²) < 4.78 is 0. The Labute approximate surface area is 103 Å². The zero-order valence-corrected chi connectivity index (χ0v) is 12.1. The molecule has 1 rings (SSSR count). The van der Waals surface area contributed by atoms with Gasteiger partial charge < -0.3 is 0 Å². The maximum atomic E-state index is 2.49. The van der Waals surface area contributed by atoms with Crippen LogP contribution >= 0.6 is 0 Å². The summed E-state index contributed by atoms with van der Waals surface area (Å²) in [4.78, 5) is 0. The fourth-order valence-electron chi connectivity index (χ4n) is 3.73. The van der Waals surface area contributed by atoms with Crippen molar-refractivity contribution in [3.05, 3.63) is 0 Å². The van der Waals surface area contributed by atoms with Gasteiger partial charge in [0.2, 0.25) is 0 Å². The van der Waals surface area contributed by atoms with E-state index >= 15 is 0 Å². The van der Waals surface area contributed by atoms with Crippen molar-refractivity contribution < 1.29 is 0 Å². The van der Waals surface area contributed by atoms with Crippen molar-refractivity contribution in [2.24, 2.45) is 29.6 Å². The molecule has 0 amide bonds. The Hall–Kier alpha value is 0. The first-order valence-electron chi connectivity index (χ1n) is 7.59. The zero-order chi connectivity index (χ0) is 12.1. The molecule has 4 atom stereocenters. The average molecular weight is 224 g/mol. The van der Waals surface area contributed by atoms with Gasteiger partial charge in [-0.15, -0.1) is 0 Å². The number of unbranched alkanes of at least 4 members (excludes halogenated alkanes) is 4. The van der Waals surface area contributed by atoms with Crippen molar-refractivity contribution >= 4 is 0 Å². The molecule has 0 spiro atoms. The highest BCUT2D eigenvalue weighted by molar-refractivity contribution is 4.89. The van der Waals surface area contributed by atoms with Crippen molar-refractivity contribution in [3.63, 3.8) is 0 Å². The minimum absolute atomic E-state index is 0.940. The smallest absolute Gasteiger partial charge is 0.0357 e. The molecule has 4 unspecified atom stereocenters. The summed E-state index contributed by atoms with van der Waals surface area (Å²) in [6, 6.07) is 0. The van der Waals surface area contributed by atoms with Crippen LogP contribution in [0.3, 0.4) is 0 Å². The lowest BCUT2D eigenvalue weighted by molar-refractivity contribution is 0.290. The van der Waals surface area contributed by atoms with E-state index in [-0.39, 0.29) is 0 Å². The number of hydrogen-bond acceptors (Lipinski definition) is 0. The van der Waals surface area contributed by atoms with Crippen molar-refractivity contribution in [1.29, 1.82) is 0 Å². The highest BCUT2D eigenvalue weighted by Crippen LogP contribution is 2.47. The van der Waals surface area contributed by atoms with E-state index < -0.39 is 0 Å². The molecule has 96 valence electrons. The van der Waals surface area contributed by atoms with Crippen LogP contribution in [0.5, 0.6) is 0 Å². The van der Waals surface area contributed by atoms with Gasteiger partial charge in [-0.1, -0.05) is 66.7 Å². The van der Waals surface area contributed by atoms with Crippen molar-refractivity contribution in [1.82, 2.24) is 0 Å². The molecular formula is C16H32. The van der Waals surface area contributed by atoms with E-state index in [1.807, 2.05) is 0 Å². The molecule has 0 aromatic carbocycles. The van der Waals surface area contributed by atoms with Gasteiger partial charge in [-0.25, -0.2) is 0 Å². The van der Waals surface area contributed by atoms with Crippen LogP contribution in [0.1, 0.15) is 73.1 Å². The summed E-state index contributed by atoms with van der Waals surface area (Å²) in [7, 11) is 0. The van der Waals surface area contributed by atoms with Crippen LogP contribution in [-0.4, -0.2) is 0 Å². The molecule has 0 heteroatoms. The van der Waals surface area contributed by atoms with E-state index in [9.17, 15) is 0 Å². The fraction of sp³-hybridized carbons (Fsp3) is 1.00. The molecule has 1 aliphatic carbocycles. The second-order valence-electron chi connectivity index (χ2n) is 6.30. The molecule has 0 saturated heterocycles. The third-order valence-corrected chi connectivity index (χ3v) is 5.48. The summed E-state index contributed by atoms with van der Waals surface area (Å²) in [5, 5.41) is 0. The molecular weight excluding hydrogens is 192 g/mol. The lowest BCUT2D eigenvalue weighted by atomic mass is 9.85. The molecule has 16 heavy (non-hydrogen) atoms. The van der Waals surface area contributed by atoms with E-state index in [2.05, 4.69) is 34.6 Å². The van der Waals surface area contributed by atoms with E-state index in [0.29, 0.717) is 0 Å². The first kappa shape index (κ1) is 14.1. The minimum Gasteiger partial charge on any atom is -0.0654 e. The monoisotopic (exact) mass is 224 g/mol. The molecule has 1 fully saturated rings. The third kappa shape index (κ3) is 3.25. The third-order valence-electron chi connectivity index (χ3n) is 5.48. The molecule has 0 bridgehead atoms. The van der Waals surface area contributed by atoms with Crippen LogP contribution in [-0.2, 0) is 0 Å². The molecule has 1 aliphatic rings. The zero-order valence-electron chi connectivity index (χ0n) is 12.1. The predicted octanol–water partition coefficient (Wildman–Crippen LogP) is 5.52. The van der Waals surface area contributed by atoms with E-state index in [0.717, 1.165) is 29.6 Å². The van der Waals surface area contributed by atoms with Gasteiger partial charge in [-0.2, -0.15) is 0 Å². The van der Waals surface area contributed by atoms with Crippen molar-refractivity contribution in [3.8, 4) is 0 Å². The van der Waals surface area contributed by atoms with Gasteiger partial charge in [-0.05, 0) is 36.0 Å². The predicted molar refractivity (Wildman–Crippen MR) is 73.5 cm³/mol. The Kier molecular flexibility index (Phi) is 5.86. The maximum Gasteiger partial charge on any atom is -0.0357 e. The van der Waals surface area contributed by atoms with Crippen molar-refractivity contribution in [2.75, 3.05) is 0 Å². The topological polar surface area (TPSA) is 0 Å². The van der Waals surface area contributed by atoms with Crippen LogP contribution in [0.2, 0.25) is 0 Å². The maximum absolute atomic E-state index is 2.49. The highest BCUT2D eigenvalue weighted by Gasteiger charge is 2.40. The van der Waals surface area contributed by atoms with Gasteiger partial charge in [0.15, 0.2) is 0 Å². The van der Waals surface area contributed by atoms with Crippen LogP contribution in [0.25, 0.3) is 0 Å². The van der Waals surface area contributed by atoms with Gasteiger partial charge in [0, 0.05) is 0 Å². The largest absolute Gasteiger partial charge is 0.0654 e. The van der Waals surface area contributed by atoms with Crippen LogP contribution in [0, 0.1) is 29.6 Å². The molecule has 0 heterocycles. The molecule has 0 nitrogen and oxygen atoms in total. The Bertz CT molecular complexity index is 170. The Morgan fingerprint density at radius 3 is 1.62 bits per heavy atom. The first-order chi connectivity index (χ1) is 7.59. The van der Waals surface area contributed by atoms with Crippen LogP contribution in [0.4, 0.5) is 0 Å². The molecule has 0 aromatic heterocycles. The number of rotatable bonds is 6. The van der Waals surface area contributed by atoms with Crippen molar-refractivity contribution in [2.45, 2.75) is 73.1 Å². The van der Waals surface area contributed by atoms with Crippen LogP contribution in [0.15, 0.2) is 0 Å². The second-order valence-corrected chi connectivity index (χ2v) is 6.30. The number of hydrogen-bond donors (Lipinski definition) is 0. The summed E-state index contributed by atoms with van der Waals surface area (Å²) in [5.41, 5.74) is 0. The Morgan fingerprint density at radius 1 is 0.625 bits per heavy atom. The van der Waals surface area contributed by atoms with E-state index in [1.165, 1.54) is 38.5 Å². The molecule has 0 N–H and O–H groups in total. The highest BCUT2D eigenvalue weighted by atomic mass is 14.5. The fourth-order valence-corrected chi connectivity index (χ4v) is 3.73. The van der Waals surface area contributed by atoms with Gasteiger partial charge in [0.25, 0.3) is 0 Å².